The third-order valence-corrected chi connectivity index (χ3v) is 5.88. The van der Waals surface area contributed by atoms with Gasteiger partial charge in [-0.25, -0.2) is 4.98 Å². The Morgan fingerprint density at radius 1 is 1.42 bits per heavy atom. The first-order valence-corrected chi connectivity index (χ1v) is 9.67. The smallest absolute Gasteiger partial charge is 0.317 e. The van der Waals surface area contributed by atoms with Crippen molar-refractivity contribution < 1.29 is 9.90 Å². The van der Waals surface area contributed by atoms with E-state index in [9.17, 15) is 4.79 Å². The number of benzene rings is 1. The van der Waals surface area contributed by atoms with Crippen LogP contribution in [-0.2, 0) is 18.4 Å². The van der Waals surface area contributed by atoms with Gasteiger partial charge in [-0.2, -0.15) is 0 Å². The van der Waals surface area contributed by atoms with E-state index >= 15 is 0 Å². The molecule has 2 fully saturated rings. The van der Waals surface area contributed by atoms with Crippen molar-refractivity contribution in [2.75, 3.05) is 13.1 Å². The number of carbonyl (C=O) groups is 1. The average molecular weight is 377 g/mol. The second-order valence-electron chi connectivity index (χ2n) is 7.69. The number of aliphatic carboxylic acids is 1. The van der Waals surface area contributed by atoms with Gasteiger partial charge in [0.15, 0.2) is 0 Å². The van der Waals surface area contributed by atoms with E-state index < -0.39 is 5.97 Å². The fourth-order valence-corrected chi connectivity index (χ4v) is 3.97. The maximum Gasteiger partial charge on any atom is 0.317 e. The Bertz CT molecular complexity index is 811. The number of nitrogens with zero attached hydrogens (tertiary/aromatic N) is 3. The molecule has 2 aromatic rings. The summed E-state index contributed by atoms with van der Waals surface area (Å²) in [5, 5.41) is 13.4. The molecular formula is C19H25ClN4O2. The summed E-state index contributed by atoms with van der Waals surface area (Å²) in [7, 11) is 2.01. The SMILES string of the molecule is Cn1c(CNC2CC(N(CC(=O)O)CC3CC3)C2)nc2ccc(Cl)cc21. The van der Waals surface area contributed by atoms with Crippen LogP contribution in [-0.4, -0.2) is 50.7 Å². The molecule has 2 N–H and O–H groups in total. The molecule has 0 bridgehead atoms. The van der Waals surface area contributed by atoms with Crippen LogP contribution < -0.4 is 5.32 Å². The lowest BCUT2D eigenvalue weighted by atomic mass is 9.85. The minimum atomic E-state index is -0.722. The highest BCUT2D eigenvalue weighted by Crippen LogP contribution is 2.33. The Hall–Kier alpha value is -1.63. The van der Waals surface area contributed by atoms with Gasteiger partial charge >= 0.3 is 5.97 Å². The third-order valence-electron chi connectivity index (χ3n) is 5.64. The van der Waals surface area contributed by atoms with E-state index in [1.165, 1.54) is 12.8 Å². The Morgan fingerprint density at radius 3 is 2.88 bits per heavy atom. The number of hydrogen-bond acceptors (Lipinski definition) is 4. The maximum atomic E-state index is 11.1. The van der Waals surface area contributed by atoms with Gasteiger partial charge in [0.25, 0.3) is 0 Å². The molecule has 2 saturated carbocycles. The zero-order valence-corrected chi connectivity index (χ0v) is 15.7. The van der Waals surface area contributed by atoms with Crippen LogP contribution in [0.2, 0.25) is 5.02 Å². The number of rotatable bonds is 8. The summed E-state index contributed by atoms with van der Waals surface area (Å²) in [5.74, 6) is 0.986. The van der Waals surface area contributed by atoms with Crippen LogP contribution in [0.15, 0.2) is 18.2 Å². The molecule has 2 aliphatic carbocycles. The van der Waals surface area contributed by atoms with Gasteiger partial charge in [0.1, 0.15) is 5.82 Å². The molecule has 140 valence electrons. The quantitative estimate of drug-likeness (QED) is 0.741. The zero-order chi connectivity index (χ0) is 18.3. The first-order valence-electron chi connectivity index (χ1n) is 9.29. The van der Waals surface area contributed by atoms with E-state index in [0.29, 0.717) is 24.5 Å². The predicted octanol–water partition coefficient (Wildman–Crippen LogP) is 2.64. The summed E-state index contributed by atoms with van der Waals surface area (Å²) in [6.07, 6.45) is 4.52. The second kappa shape index (κ2) is 7.18. The lowest BCUT2D eigenvalue weighted by molar-refractivity contribution is -0.139. The summed E-state index contributed by atoms with van der Waals surface area (Å²) in [5.41, 5.74) is 2.00. The summed E-state index contributed by atoms with van der Waals surface area (Å²) in [6.45, 7) is 1.82. The molecule has 4 rings (SSSR count). The van der Waals surface area contributed by atoms with Crippen LogP contribution in [0.25, 0.3) is 11.0 Å². The van der Waals surface area contributed by atoms with E-state index in [1.807, 2.05) is 25.2 Å². The number of imidazole rings is 1. The predicted molar refractivity (Wildman–Crippen MR) is 101 cm³/mol. The number of nitrogens with one attached hydrogen (secondary N) is 1. The molecule has 6 nitrogen and oxygen atoms in total. The molecule has 1 aromatic heterocycles. The van der Waals surface area contributed by atoms with E-state index in [-0.39, 0.29) is 6.54 Å². The standard InChI is InChI=1S/C19H25ClN4O2/c1-23-17-6-13(20)4-5-16(17)22-18(23)9-21-14-7-15(8-14)24(11-19(25)26)10-12-2-3-12/h4-6,12,14-15,21H,2-3,7-11H2,1H3,(H,25,26). The highest BCUT2D eigenvalue weighted by molar-refractivity contribution is 6.31. The highest BCUT2D eigenvalue weighted by Gasteiger charge is 2.36. The van der Waals surface area contributed by atoms with Crippen molar-refractivity contribution in [3.8, 4) is 0 Å². The van der Waals surface area contributed by atoms with Gasteiger partial charge < -0.3 is 15.0 Å². The molecule has 7 heteroatoms. The van der Waals surface area contributed by atoms with E-state index in [0.717, 1.165) is 41.3 Å². The van der Waals surface area contributed by atoms with Crippen LogP contribution in [0.4, 0.5) is 0 Å². The number of carboxylic acid groups (broad SMARTS) is 1. The van der Waals surface area contributed by atoms with Crippen molar-refractivity contribution in [3.63, 3.8) is 0 Å². The molecule has 1 aromatic carbocycles. The van der Waals surface area contributed by atoms with Gasteiger partial charge in [-0.3, -0.25) is 9.69 Å². The van der Waals surface area contributed by atoms with Gasteiger partial charge in [0.2, 0.25) is 0 Å². The van der Waals surface area contributed by atoms with Crippen molar-refractivity contribution in [2.45, 2.75) is 44.3 Å². The third kappa shape index (κ3) is 3.87. The maximum absolute atomic E-state index is 11.1. The molecule has 0 amide bonds. The largest absolute Gasteiger partial charge is 0.480 e. The number of halogens is 1. The summed E-state index contributed by atoms with van der Waals surface area (Å²) in [6, 6.07) is 6.57. The molecule has 0 radical (unpaired) electrons. The zero-order valence-electron chi connectivity index (χ0n) is 15.0. The Labute approximate surface area is 158 Å². The molecular weight excluding hydrogens is 352 g/mol. The van der Waals surface area contributed by atoms with Gasteiger partial charge in [0, 0.05) is 30.7 Å². The van der Waals surface area contributed by atoms with E-state index in [4.69, 9.17) is 16.7 Å². The molecule has 26 heavy (non-hydrogen) atoms. The van der Waals surface area contributed by atoms with Crippen molar-refractivity contribution in [1.29, 1.82) is 0 Å². The molecule has 0 unspecified atom stereocenters. The van der Waals surface area contributed by atoms with Crippen molar-refractivity contribution in [1.82, 2.24) is 19.8 Å². The highest BCUT2D eigenvalue weighted by atomic mass is 35.5. The lowest BCUT2D eigenvalue weighted by Crippen LogP contribution is -2.54. The van der Waals surface area contributed by atoms with Gasteiger partial charge in [0.05, 0.1) is 24.1 Å². The van der Waals surface area contributed by atoms with Crippen molar-refractivity contribution in [3.05, 3.63) is 29.0 Å². The molecule has 0 atom stereocenters. The average Bonchev–Trinajstić information content (AvgIpc) is 3.30. The van der Waals surface area contributed by atoms with Crippen molar-refractivity contribution >= 4 is 28.6 Å². The number of aromatic nitrogens is 2. The minimum absolute atomic E-state index is 0.166. The molecule has 0 aliphatic heterocycles. The summed E-state index contributed by atoms with van der Waals surface area (Å²) >= 11 is 6.08. The second-order valence-corrected chi connectivity index (χ2v) is 8.13. The van der Waals surface area contributed by atoms with Crippen LogP contribution >= 0.6 is 11.6 Å². The normalized spacial score (nSPS) is 22.7. The number of aryl methyl sites for hydroxylation is 1. The Kier molecular flexibility index (Phi) is 4.90. The molecule has 2 aliphatic rings. The fraction of sp³-hybridized carbons (Fsp3) is 0.579. The number of carboxylic acids is 1. The molecule has 0 spiro atoms. The number of fused-ring (bicyclic) bond motifs is 1. The minimum Gasteiger partial charge on any atom is -0.480 e. The number of hydrogen-bond donors (Lipinski definition) is 2. The van der Waals surface area contributed by atoms with Gasteiger partial charge in [-0.05, 0) is 49.8 Å². The lowest BCUT2D eigenvalue weighted by Gasteiger charge is -2.43. The van der Waals surface area contributed by atoms with Crippen molar-refractivity contribution in [2.24, 2.45) is 13.0 Å². The van der Waals surface area contributed by atoms with Crippen LogP contribution in [0.1, 0.15) is 31.5 Å². The van der Waals surface area contributed by atoms with Crippen LogP contribution in [0, 0.1) is 5.92 Å². The first-order chi connectivity index (χ1) is 12.5. The summed E-state index contributed by atoms with van der Waals surface area (Å²) in [4.78, 5) is 18.0. The van der Waals surface area contributed by atoms with Crippen LogP contribution in [0.3, 0.4) is 0 Å². The van der Waals surface area contributed by atoms with Crippen LogP contribution in [0.5, 0.6) is 0 Å². The Morgan fingerprint density at radius 2 is 2.19 bits per heavy atom. The first kappa shape index (κ1) is 17.8. The summed E-state index contributed by atoms with van der Waals surface area (Å²) < 4.78 is 2.08. The van der Waals surface area contributed by atoms with E-state index in [2.05, 4.69) is 19.8 Å². The fourth-order valence-electron chi connectivity index (χ4n) is 3.81. The van der Waals surface area contributed by atoms with Gasteiger partial charge in [-0.1, -0.05) is 11.6 Å². The molecule has 0 saturated heterocycles. The molecule has 1 heterocycles. The Balaban J connectivity index is 1.31. The monoisotopic (exact) mass is 376 g/mol. The topological polar surface area (TPSA) is 70.4 Å². The van der Waals surface area contributed by atoms with E-state index in [1.54, 1.807) is 0 Å². The van der Waals surface area contributed by atoms with Gasteiger partial charge in [-0.15, -0.1) is 0 Å².